The summed E-state index contributed by atoms with van der Waals surface area (Å²) in [6.07, 6.45) is 1.56. The minimum atomic E-state index is -0.872. The maximum absolute atomic E-state index is 15.7. The number of carbonyl (C=O) groups excluding carboxylic acids is 2. The number of primary amides is 1. The monoisotopic (exact) mass is 544 g/mol. The fourth-order valence-electron chi connectivity index (χ4n) is 3.56. The van der Waals surface area contributed by atoms with Gasteiger partial charge in [-0.1, -0.05) is 54.6 Å². The summed E-state index contributed by atoms with van der Waals surface area (Å²) in [7, 11) is 1.49. The van der Waals surface area contributed by atoms with Crippen LogP contribution in [0.4, 0.5) is 9.18 Å². The molecule has 3 N–H and O–H groups in total. The maximum Gasteiger partial charge on any atom is 0.407 e. The summed E-state index contributed by atoms with van der Waals surface area (Å²) in [6, 6.07) is 14.5. The van der Waals surface area contributed by atoms with Gasteiger partial charge in [0.1, 0.15) is 12.2 Å². The lowest BCUT2D eigenvalue weighted by Gasteiger charge is -2.23. The predicted molar refractivity (Wildman–Crippen MR) is 147 cm³/mol. The van der Waals surface area contributed by atoms with E-state index in [1.807, 2.05) is 30.3 Å². The quantitative estimate of drug-likeness (QED) is 0.150. The zero-order valence-corrected chi connectivity index (χ0v) is 22.8. The largest absolute Gasteiger partial charge is 0.488 e. The zero-order valence-electron chi connectivity index (χ0n) is 22.1. The van der Waals surface area contributed by atoms with Crippen LogP contribution in [0.2, 0.25) is 5.02 Å². The summed E-state index contributed by atoms with van der Waals surface area (Å²) < 4.78 is 31.4. The van der Waals surface area contributed by atoms with E-state index in [9.17, 15) is 9.59 Å². The van der Waals surface area contributed by atoms with Crippen LogP contribution in [0.5, 0.6) is 0 Å². The molecule has 0 radical (unpaired) electrons. The van der Waals surface area contributed by atoms with Crippen LogP contribution in [0.3, 0.4) is 0 Å². The smallest absolute Gasteiger partial charge is 0.407 e. The Morgan fingerprint density at radius 2 is 1.82 bits per heavy atom. The topological polar surface area (TPSA) is 99.9 Å². The van der Waals surface area contributed by atoms with Crippen LogP contribution in [-0.2, 0) is 19.0 Å². The first-order chi connectivity index (χ1) is 18.0. The Balaban J connectivity index is 2.57. The summed E-state index contributed by atoms with van der Waals surface area (Å²) in [5.41, 5.74) is 6.39. The van der Waals surface area contributed by atoms with Gasteiger partial charge in [-0.3, -0.25) is 4.79 Å². The molecule has 0 aromatic heterocycles. The Morgan fingerprint density at radius 3 is 2.39 bits per heavy atom. The Morgan fingerprint density at radius 1 is 1.13 bits per heavy atom. The van der Waals surface area contributed by atoms with Gasteiger partial charge in [-0.05, 0) is 50.1 Å². The first-order valence-electron chi connectivity index (χ1n) is 11.9. The Kier molecular flexibility index (Phi) is 11.6. The molecule has 0 saturated carbocycles. The van der Waals surface area contributed by atoms with Crippen molar-refractivity contribution in [2.24, 2.45) is 5.73 Å². The number of halogens is 2. The minimum absolute atomic E-state index is 0.0648. The number of alkyl carbamates (subject to hydrolysis) is 1. The van der Waals surface area contributed by atoms with Crippen LogP contribution in [0.25, 0.3) is 5.57 Å². The molecule has 2 amide bonds. The summed E-state index contributed by atoms with van der Waals surface area (Å²) in [5.74, 6) is -2.28. The highest BCUT2D eigenvalue weighted by Crippen LogP contribution is 2.36. The minimum Gasteiger partial charge on any atom is -0.488 e. The number of hydrogen-bond acceptors (Lipinski definition) is 5. The van der Waals surface area contributed by atoms with E-state index in [0.717, 1.165) is 11.6 Å². The molecule has 0 bridgehead atoms. The zero-order chi connectivity index (χ0) is 28.3. The number of nitrogens with one attached hydrogen (secondary N) is 1. The van der Waals surface area contributed by atoms with Crippen LogP contribution in [0.15, 0.2) is 78.8 Å². The van der Waals surface area contributed by atoms with E-state index in [4.69, 9.17) is 31.5 Å². The lowest BCUT2D eigenvalue weighted by Crippen LogP contribution is -2.35. The molecule has 0 heterocycles. The van der Waals surface area contributed by atoms with Gasteiger partial charge in [-0.25, -0.2) is 9.18 Å². The number of carbonyl (C=O) groups is 2. The van der Waals surface area contributed by atoms with Crippen molar-refractivity contribution < 1.29 is 28.2 Å². The van der Waals surface area contributed by atoms with Crippen molar-refractivity contribution in [2.75, 3.05) is 26.9 Å². The fraction of sp³-hybridized carbons (Fsp3) is 0.310. The van der Waals surface area contributed by atoms with Crippen molar-refractivity contribution in [2.45, 2.75) is 32.3 Å². The number of nitrogens with two attached hydrogens (primary N) is 1. The molecule has 38 heavy (non-hydrogen) atoms. The molecule has 7 nitrogen and oxygen atoms in total. The van der Waals surface area contributed by atoms with Crippen molar-refractivity contribution in [3.63, 3.8) is 0 Å². The molecular formula is C29H34ClFN2O5. The SMILES string of the molecule is C=C/C(OCCOC)=C(F)\C(=C\C(N)=O)c1cc(C(CNC(=O)OC(C)(C)C)c2ccccc2)ccc1Cl. The van der Waals surface area contributed by atoms with Gasteiger partial charge in [0.15, 0.2) is 11.6 Å². The maximum atomic E-state index is 15.7. The number of methoxy groups -OCH3 is 1. The molecule has 0 spiro atoms. The third-order valence-electron chi connectivity index (χ3n) is 5.20. The lowest BCUT2D eigenvalue weighted by molar-refractivity contribution is -0.113. The van der Waals surface area contributed by atoms with Gasteiger partial charge in [-0.2, -0.15) is 0 Å². The standard InChI is InChI=1S/C29H34ClFN2O5/c1-6-25(37-15-14-36-5)27(31)22(17-26(32)34)21-16-20(12-13-24(21)30)23(19-10-8-7-9-11-19)18-33-28(35)38-29(2,3)4/h6-13,16-17,23H,1,14-15,18H2,2-5H3,(H2,32,34)(H,33,35)/b22-17+,27-25-. The van der Waals surface area contributed by atoms with Crippen molar-refractivity contribution >= 4 is 29.2 Å². The molecule has 2 aromatic rings. The molecule has 1 atom stereocenters. The van der Waals surface area contributed by atoms with Gasteiger partial charge in [-0.15, -0.1) is 0 Å². The van der Waals surface area contributed by atoms with Crippen LogP contribution < -0.4 is 11.1 Å². The van der Waals surface area contributed by atoms with E-state index in [0.29, 0.717) is 5.56 Å². The number of hydrogen-bond donors (Lipinski definition) is 2. The average Bonchev–Trinajstić information content (AvgIpc) is 2.85. The molecule has 0 aliphatic carbocycles. The Labute approximate surface area is 228 Å². The molecule has 9 heteroatoms. The van der Waals surface area contributed by atoms with Crippen molar-refractivity contribution in [3.05, 3.63) is 101 Å². The number of allylic oxidation sites excluding steroid dienone is 3. The summed E-state index contributed by atoms with van der Waals surface area (Å²) in [4.78, 5) is 24.2. The average molecular weight is 545 g/mol. The number of ether oxygens (including phenoxy) is 3. The van der Waals surface area contributed by atoms with Gasteiger partial charge >= 0.3 is 6.09 Å². The van der Waals surface area contributed by atoms with E-state index < -0.39 is 23.4 Å². The molecule has 0 aliphatic rings. The summed E-state index contributed by atoms with van der Waals surface area (Å²) in [5, 5.41) is 2.98. The summed E-state index contributed by atoms with van der Waals surface area (Å²) >= 11 is 6.49. The van der Waals surface area contributed by atoms with E-state index >= 15 is 4.39 Å². The lowest BCUT2D eigenvalue weighted by atomic mass is 9.88. The van der Waals surface area contributed by atoms with E-state index in [-0.39, 0.29) is 47.6 Å². The van der Waals surface area contributed by atoms with E-state index in [1.165, 1.54) is 13.2 Å². The second-order valence-electron chi connectivity index (χ2n) is 9.27. The second kappa shape index (κ2) is 14.4. The molecular weight excluding hydrogens is 511 g/mol. The normalized spacial score (nSPS) is 13.3. The molecule has 1 unspecified atom stereocenters. The van der Waals surface area contributed by atoms with Crippen molar-refractivity contribution in [1.29, 1.82) is 0 Å². The first-order valence-corrected chi connectivity index (χ1v) is 12.3. The van der Waals surface area contributed by atoms with Gasteiger partial charge in [0.2, 0.25) is 5.91 Å². The summed E-state index contributed by atoms with van der Waals surface area (Å²) in [6.45, 7) is 9.40. The van der Waals surface area contributed by atoms with Crippen LogP contribution in [0.1, 0.15) is 43.4 Å². The van der Waals surface area contributed by atoms with Gasteiger partial charge in [0, 0.05) is 41.8 Å². The van der Waals surface area contributed by atoms with Crippen LogP contribution in [-0.4, -0.2) is 44.5 Å². The van der Waals surface area contributed by atoms with Gasteiger partial charge in [0.05, 0.1) is 6.61 Å². The van der Waals surface area contributed by atoms with E-state index in [2.05, 4.69) is 11.9 Å². The number of benzene rings is 2. The third-order valence-corrected chi connectivity index (χ3v) is 5.53. The van der Waals surface area contributed by atoms with Crippen LogP contribution in [0, 0.1) is 0 Å². The highest BCUT2D eigenvalue weighted by molar-refractivity contribution is 6.32. The van der Waals surface area contributed by atoms with Crippen molar-refractivity contribution in [1.82, 2.24) is 5.32 Å². The highest BCUT2D eigenvalue weighted by atomic mass is 35.5. The number of rotatable bonds is 12. The molecule has 0 aliphatic heterocycles. The fourth-order valence-corrected chi connectivity index (χ4v) is 3.78. The molecule has 0 saturated heterocycles. The molecule has 204 valence electrons. The van der Waals surface area contributed by atoms with Crippen LogP contribution >= 0.6 is 11.6 Å². The predicted octanol–water partition coefficient (Wildman–Crippen LogP) is 5.90. The number of amides is 2. The highest BCUT2D eigenvalue weighted by Gasteiger charge is 2.23. The Bertz CT molecular complexity index is 1190. The molecule has 2 aromatic carbocycles. The third kappa shape index (κ3) is 9.36. The van der Waals surface area contributed by atoms with Gasteiger partial charge in [0.25, 0.3) is 0 Å². The molecule has 2 rings (SSSR count). The molecule has 0 fully saturated rings. The second-order valence-corrected chi connectivity index (χ2v) is 9.68. The Hall–Kier alpha value is -3.62. The van der Waals surface area contributed by atoms with Gasteiger partial charge < -0.3 is 25.3 Å². The first kappa shape index (κ1) is 30.6. The van der Waals surface area contributed by atoms with Crippen molar-refractivity contribution in [3.8, 4) is 0 Å². The van der Waals surface area contributed by atoms with E-state index in [1.54, 1.807) is 39.0 Å².